The number of carbonyl (C=O) groups excluding carboxylic acids is 1. The van der Waals surface area contributed by atoms with Crippen LogP contribution in [-0.2, 0) is 28.7 Å². The molecule has 0 aliphatic carbocycles. The van der Waals surface area contributed by atoms with Gasteiger partial charge in [0.25, 0.3) is 5.91 Å². The molecule has 0 radical (unpaired) electrons. The number of nitrogens with zero attached hydrogens (tertiary/aromatic N) is 1. The number of amides is 1. The van der Waals surface area contributed by atoms with Gasteiger partial charge in [-0.15, -0.1) is 0 Å². The van der Waals surface area contributed by atoms with Crippen LogP contribution in [0.2, 0.25) is 5.02 Å². The molecule has 1 fully saturated rings. The first-order valence-corrected chi connectivity index (χ1v) is 12.8. The number of carbonyl (C=O) groups is 1. The van der Waals surface area contributed by atoms with Crippen molar-refractivity contribution < 1.29 is 23.8 Å². The lowest BCUT2D eigenvalue weighted by Crippen LogP contribution is -2.39. The largest absolute Gasteiger partial charge is 0.448 e. The first-order chi connectivity index (χ1) is 17.5. The monoisotopic (exact) mass is 512 g/mol. The topological polar surface area (TPSA) is 93.8 Å². The van der Waals surface area contributed by atoms with E-state index >= 15 is 0 Å². The lowest BCUT2D eigenvalue weighted by molar-refractivity contribution is -0.214. The van der Waals surface area contributed by atoms with E-state index in [0.717, 1.165) is 24.8 Å². The summed E-state index contributed by atoms with van der Waals surface area (Å²) < 4.78 is 17.7. The van der Waals surface area contributed by atoms with Crippen LogP contribution in [-0.4, -0.2) is 48.2 Å². The summed E-state index contributed by atoms with van der Waals surface area (Å²) in [5, 5.41) is 12.7. The number of unbranched alkanes of at least 4 members (excludes halogenated alkanes) is 1. The SMILES string of the molecule is C[C@@H]1OC[C@H](c2nc(C(=O)NCCc3ccc(Cl)cc3)co2)[C@H](Cc2ccccc2CCCCO)O1. The van der Waals surface area contributed by atoms with Crippen LogP contribution < -0.4 is 5.32 Å². The molecule has 192 valence electrons. The van der Waals surface area contributed by atoms with Gasteiger partial charge in [0.2, 0.25) is 5.89 Å². The summed E-state index contributed by atoms with van der Waals surface area (Å²) in [4.78, 5) is 17.1. The van der Waals surface area contributed by atoms with Gasteiger partial charge in [0.15, 0.2) is 12.0 Å². The summed E-state index contributed by atoms with van der Waals surface area (Å²) in [6.07, 6.45) is 4.84. The van der Waals surface area contributed by atoms with Gasteiger partial charge in [-0.3, -0.25) is 4.79 Å². The zero-order valence-electron chi connectivity index (χ0n) is 20.5. The molecule has 2 aromatic carbocycles. The second kappa shape index (κ2) is 13.0. The number of rotatable bonds is 11. The van der Waals surface area contributed by atoms with Gasteiger partial charge >= 0.3 is 0 Å². The number of aliphatic hydroxyl groups excluding tert-OH is 1. The molecule has 1 saturated heterocycles. The van der Waals surface area contributed by atoms with Crippen LogP contribution in [0.15, 0.2) is 59.2 Å². The van der Waals surface area contributed by atoms with E-state index in [4.69, 9.17) is 30.6 Å². The highest BCUT2D eigenvalue weighted by Gasteiger charge is 2.35. The summed E-state index contributed by atoms with van der Waals surface area (Å²) in [5.74, 6) is -0.0782. The predicted octanol–water partition coefficient (Wildman–Crippen LogP) is 4.70. The van der Waals surface area contributed by atoms with E-state index in [-0.39, 0.29) is 36.5 Å². The minimum absolute atomic E-state index is 0.200. The number of nitrogens with one attached hydrogen (secondary N) is 1. The molecular formula is C28H33ClN2O5. The molecule has 1 amide bonds. The Morgan fingerprint density at radius 3 is 2.67 bits per heavy atom. The van der Waals surface area contributed by atoms with Crippen molar-refractivity contribution >= 4 is 17.5 Å². The molecule has 0 bridgehead atoms. The second-order valence-corrected chi connectivity index (χ2v) is 9.48. The van der Waals surface area contributed by atoms with Crippen LogP contribution in [0, 0.1) is 0 Å². The Morgan fingerprint density at radius 2 is 1.89 bits per heavy atom. The van der Waals surface area contributed by atoms with Gasteiger partial charge in [-0.1, -0.05) is 48.0 Å². The zero-order chi connectivity index (χ0) is 25.3. The van der Waals surface area contributed by atoms with E-state index in [1.807, 2.05) is 43.3 Å². The normalized spacial score (nSPS) is 19.8. The Bertz CT molecular complexity index is 1120. The van der Waals surface area contributed by atoms with Crippen molar-refractivity contribution in [2.75, 3.05) is 19.8 Å². The van der Waals surface area contributed by atoms with Crippen molar-refractivity contribution in [1.82, 2.24) is 10.3 Å². The summed E-state index contributed by atoms with van der Waals surface area (Å²) in [6, 6.07) is 15.9. The van der Waals surface area contributed by atoms with Crippen LogP contribution in [0.3, 0.4) is 0 Å². The number of ether oxygens (including phenoxy) is 2. The number of halogens is 1. The summed E-state index contributed by atoms with van der Waals surface area (Å²) in [6.45, 7) is 2.96. The Morgan fingerprint density at radius 1 is 1.11 bits per heavy atom. The average Bonchev–Trinajstić information content (AvgIpc) is 3.37. The molecule has 7 nitrogen and oxygen atoms in total. The predicted molar refractivity (Wildman–Crippen MR) is 137 cm³/mol. The second-order valence-electron chi connectivity index (χ2n) is 9.04. The smallest absolute Gasteiger partial charge is 0.273 e. The van der Waals surface area contributed by atoms with Gasteiger partial charge in [-0.25, -0.2) is 4.98 Å². The number of aromatic nitrogens is 1. The molecule has 8 heteroatoms. The Kier molecular flexibility index (Phi) is 9.53. The third-order valence-electron chi connectivity index (χ3n) is 6.40. The Balaban J connectivity index is 1.39. The molecule has 1 aliphatic rings. The molecule has 36 heavy (non-hydrogen) atoms. The van der Waals surface area contributed by atoms with Crippen LogP contribution in [0.1, 0.15) is 58.8 Å². The maximum Gasteiger partial charge on any atom is 0.273 e. The lowest BCUT2D eigenvalue weighted by atomic mass is 9.91. The highest BCUT2D eigenvalue weighted by atomic mass is 35.5. The first-order valence-electron chi connectivity index (χ1n) is 12.5. The van der Waals surface area contributed by atoms with Gasteiger partial charge in [-0.2, -0.15) is 0 Å². The van der Waals surface area contributed by atoms with Gasteiger partial charge in [0, 0.05) is 18.2 Å². The quantitative estimate of drug-likeness (QED) is 0.362. The molecule has 2 N–H and O–H groups in total. The fourth-order valence-corrected chi connectivity index (χ4v) is 4.54. The highest BCUT2D eigenvalue weighted by Crippen LogP contribution is 2.31. The van der Waals surface area contributed by atoms with Crippen LogP contribution in [0.4, 0.5) is 0 Å². The van der Waals surface area contributed by atoms with E-state index in [9.17, 15) is 4.79 Å². The maximum absolute atomic E-state index is 12.6. The van der Waals surface area contributed by atoms with Crippen LogP contribution in [0.25, 0.3) is 0 Å². The number of aliphatic hydroxyl groups is 1. The lowest BCUT2D eigenvalue weighted by Gasteiger charge is -2.34. The Labute approximate surface area is 216 Å². The van der Waals surface area contributed by atoms with Gasteiger partial charge in [-0.05, 0) is 67.9 Å². The summed E-state index contributed by atoms with van der Waals surface area (Å²) in [5.41, 5.74) is 3.78. The molecule has 2 heterocycles. The van der Waals surface area contributed by atoms with Gasteiger partial charge < -0.3 is 24.3 Å². The van der Waals surface area contributed by atoms with E-state index in [1.165, 1.54) is 17.4 Å². The molecule has 4 rings (SSSR count). The third-order valence-corrected chi connectivity index (χ3v) is 6.66. The Hall–Kier alpha value is -2.71. The molecule has 0 saturated carbocycles. The molecule has 3 atom stereocenters. The van der Waals surface area contributed by atoms with Crippen molar-refractivity contribution in [2.45, 2.75) is 57.3 Å². The van der Waals surface area contributed by atoms with Crippen LogP contribution >= 0.6 is 11.6 Å². The molecule has 3 aromatic rings. The maximum atomic E-state index is 12.6. The van der Waals surface area contributed by atoms with Crippen molar-refractivity contribution in [3.63, 3.8) is 0 Å². The number of aryl methyl sites for hydroxylation is 1. The number of hydrogen-bond donors (Lipinski definition) is 2. The van der Waals surface area contributed by atoms with Crippen molar-refractivity contribution in [2.24, 2.45) is 0 Å². The molecule has 1 aromatic heterocycles. The number of hydrogen-bond acceptors (Lipinski definition) is 6. The summed E-state index contributed by atoms with van der Waals surface area (Å²) >= 11 is 5.92. The average molecular weight is 513 g/mol. The number of oxazole rings is 1. The molecule has 0 unspecified atom stereocenters. The van der Waals surface area contributed by atoms with E-state index in [0.29, 0.717) is 36.9 Å². The highest BCUT2D eigenvalue weighted by molar-refractivity contribution is 6.30. The fourth-order valence-electron chi connectivity index (χ4n) is 4.42. The zero-order valence-corrected chi connectivity index (χ0v) is 21.2. The molecule has 1 aliphatic heterocycles. The molecule has 0 spiro atoms. The van der Waals surface area contributed by atoms with E-state index < -0.39 is 0 Å². The van der Waals surface area contributed by atoms with Crippen molar-refractivity contribution in [1.29, 1.82) is 0 Å². The standard InChI is InChI=1S/C28H33ClN2O5/c1-19-34-17-24(26(36-19)16-22-8-3-2-6-21(22)7-4-5-15-32)28-31-25(18-35-28)27(33)30-14-13-20-9-11-23(29)12-10-20/h2-3,6,8-12,18-19,24,26,32H,4-5,7,13-17H2,1H3,(H,30,33)/t19-,24+,26+/m1/s1. The van der Waals surface area contributed by atoms with Crippen molar-refractivity contribution in [3.8, 4) is 0 Å². The minimum atomic E-state index is -0.335. The van der Waals surface area contributed by atoms with E-state index in [1.54, 1.807) is 0 Å². The van der Waals surface area contributed by atoms with Gasteiger partial charge in [0.05, 0.1) is 18.6 Å². The third kappa shape index (κ3) is 7.17. The van der Waals surface area contributed by atoms with Gasteiger partial charge in [0.1, 0.15) is 6.26 Å². The minimum Gasteiger partial charge on any atom is -0.448 e. The van der Waals surface area contributed by atoms with E-state index in [2.05, 4.69) is 22.4 Å². The fraction of sp³-hybridized carbons (Fsp3) is 0.429. The number of benzene rings is 2. The van der Waals surface area contributed by atoms with Crippen molar-refractivity contribution in [3.05, 3.63) is 88.1 Å². The summed E-state index contributed by atoms with van der Waals surface area (Å²) in [7, 11) is 0. The molecular weight excluding hydrogens is 480 g/mol. The van der Waals surface area contributed by atoms with Crippen LogP contribution in [0.5, 0.6) is 0 Å². The first kappa shape index (κ1) is 26.4.